The molecule has 0 aliphatic rings. The summed E-state index contributed by atoms with van der Waals surface area (Å²) in [5, 5.41) is 3.39. The van der Waals surface area contributed by atoms with Gasteiger partial charge in [-0.05, 0) is 52.3 Å². The van der Waals surface area contributed by atoms with Gasteiger partial charge in [0.1, 0.15) is 0 Å². The summed E-state index contributed by atoms with van der Waals surface area (Å²) in [7, 11) is 0. The minimum Gasteiger partial charge on any atom is -0.356 e. The Labute approximate surface area is 169 Å². The molecular weight excluding hydrogens is 338 g/mol. The van der Waals surface area contributed by atoms with Crippen molar-refractivity contribution in [1.82, 2.24) is 0 Å². The molecule has 3 aromatic rings. The number of nitrogens with one attached hydrogen (secondary N) is 1. The van der Waals surface area contributed by atoms with Crippen molar-refractivity contribution in [2.24, 2.45) is 5.92 Å². The van der Waals surface area contributed by atoms with Crippen molar-refractivity contribution in [2.45, 2.75) is 26.7 Å². The van der Waals surface area contributed by atoms with Gasteiger partial charge in [0.05, 0.1) is 0 Å². The largest absolute Gasteiger partial charge is 0.356 e. The Balaban J connectivity index is 1.66. The van der Waals surface area contributed by atoms with Crippen LogP contribution in [0.25, 0.3) is 22.3 Å². The van der Waals surface area contributed by atoms with Gasteiger partial charge < -0.3 is 5.32 Å². The first-order valence-corrected chi connectivity index (χ1v) is 9.97. The molecule has 0 saturated heterocycles. The fourth-order valence-corrected chi connectivity index (χ4v) is 3.18. The second kappa shape index (κ2) is 9.23. The Kier molecular flexibility index (Phi) is 6.49. The Morgan fingerprint density at radius 1 is 0.750 bits per heavy atom. The molecule has 3 rings (SSSR count). The molecule has 1 atom stereocenters. The molecule has 0 radical (unpaired) electrons. The van der Waals surface area contributed by atoms with E-state index in [1.54, 1.807) is 0 Å². The predicted octanol–water partition coefficient (Wildman–Crippen LogP) is 7.94. The number of anilines is 1. The van der Waals surface area contributed by atoms with Gasteiger partial charge in [-0.3, -0.25) is 0 Å². The lowest BCUT2D eigenvalue weighted by molar-refractivity contribution is 0.561. The molecule has 0 aliphatic heterocycles. The minimum atomic E-state index is 0.632. The van der Waals surface area contributed by atoms with Gasteiger partial charge >= 0.3 is 0 Å². The van der Waals surface area contributed by atoms with E-state index in [9.17, 15) is 0 Å². The predicted molar refractivity (Wildman–Crippen MR) is 123 cm³/mol. The van der Waals surface area contributed by atoms with E-state index in [1.807, 2.05) is 6.07 Å². The summed E-state index contributed by atoms with van der Waals surface area (Å²) in [6.07, 6.45) is 2.14. The van der Waals surface area contributed by atoms with Crippen LogP contribution in [0.1, 0.15) is 26.7 Å². The van der Waals surface area contributed by atoms with E-state index in [0.29, 0.717) is 5.92 Å². The summed E-state index contributed by atoms with van der Waals surface area (Å²) >= 11 is 0. The fourth-order valence-electron chi connectivity index (χ4n) is 3.18. The number of hydrogen-bond donors (Lipinski definition) is 1. The van der Waals surface area contributed by atoms with Crippen LogP contribution < -0.4 is 5.32 Å². The zero-order valence-electron chi connectivity index (χ0n) is 16.9. The van der Waals surface area contributed by atoms with Gasteiger partial charge in [0.2, 0.25) is 0 Å². The van der Waals surface area contributed by atoms with Crippen LogP contribution in [0.15, 0.2) is 103 Å². The van der Waals surface area contributed by atoms with Crippen molar-refractivity contribution in [1.29, 1.82) is 0 Å². The average molecular weight is 368 g/mol. The quantitative estimate of drug-likeness (QED) is 0.398. The van der Waals surface area contributed by atoms with Gasteiger partial charge in [-0.2, -0.15) is 0 Å². The maximum absolute atomic E-state index is 4.18. The molecule has 0 aromatic heterocycles. The minimum absolute atomic E-state index is 0.632. The van der Waals surface area contributed by atoms with Crippen LogP contribution in [-0.4, -0.2) is 0 Å². The zero-order valence-corrected chi connectivity index (χ0v) is 16.9. The van der Waals surface area contributed by atoms with Gasteiger partial charge in [-0.25, -0.2) is 0 Å². The summed E-state index contributed by atoms with van der Waals surface area (Å²) in [5.41, 5.74) is 7.92. The van der Waals surface area contributed by atoms with E-state index in [1.165, 1.54) is 22.3 Å². The van der Waals surface area contributed by atoms with Crippen LogP contribution in [0.5, 0.6) is 0 Å². The topological polar surface area (TPSA) is 12.0 Å². The molecular formula is C27H29N. The molecule has 1 nitrogen and oxygen atoms in total. The van der Waals surface area contributed by atoms with Crippen LogP contribution in [0.3, 0.4) is 0 Å². The number of allylic oxidation sites excluding steroid dienone is 1. The fraction of sp³-hybridized carbons (Fsp3) is 0.185. The second-order valence-corrected chi connectivity index (χ2v) is 7.45. The van der Waals surface area contributed by atoms with Crippen molar-refractivity contribution >= 4 is 5.69 Å². The second-order valence-electron chi connectivity index (χ2n) is 7.45. The molecule has 1 N–H and O–H groups in total. The Hall–Kier alpha value is -3.06. The molecule has 3 aromatic carbocycles. The molecule has 142 valence electrons. The number of hydrogen-bond acceptors (Lipinski definition) is 1. The van der Waals surface area contributed by atoms with Gasteiger partial charge in [0.15, 0.2) is 0 Å². The van der Waals surface area contributed by atoms with E-state index in [0.717, 1.165) is 29.8 Å². The summed E-state index contributed by atoms with van der Waals surface area (Å²) in [4.78, 5) is 0. The summed E-state index contributed by atoms with van der Waals surface area (Å²) in [6, 6.07) is 27.7. The lowest BCUT2D eigenvalue weighted by Gasteiger charge is -2.15. The highest BCUT2D eigenvalue weighted by molar-refractivity contribution is 5.71. The molecule has 0 heterocycles. The Bertz CT molecular complexity index is 918. The summed E-state index contributed by atoms with van der Waals surface area (Å²) < 4.78 is 0. The van der Waals surface area contributed by atoms with Crippen molar-refractivity contribution < 1.29 is 0 Å². The third-order valence-corrected chi connectivity index (χ3v) is 5.22. The molecule has 28 heavy (non-hydrogen) atoms. The van der Waals surface area contributed by atoms with Gasteiger partial charge in [0, 0.05) is 11.4 Å². The summed E-state index contributed by atoms with van der Waals surface area (Å²) in [5.74, 6) is 0.632. The highest BCUT2D eigenvalue weighted by Crippen LogP contribution is 2.27. The van der Waals surface area contributed by atoms with E-state index in [4.69, 9.17) is 0 Å². The maximum atomic E-state index is 4.18. The van der Waals surface area contributed by atoms with E-state index < -0.39 is 0 Å². The maximum Gasteiger partial charge on any atom is 0.0384 e. The van der Waals surface area contributed by atoms with Gasteiger partial charge in [-0.15, -0.1) is 0 Å². The van der Waals surface area contributed by atoms with Crippen LogP contribution in [0, 0.1) is 5.92 Å². The molecule has 0 fully saturated rings. The van der Waals surface area contributed by atoms with Gasteiger partial charge in [0.25, 0.3) is 0 Å². The summed E-state index contributed by atoms with van der Waals surface area (Å²) in [6.45, 7) is 12.8. The first kappa shape index (κ1) is 19.7. The van der Waals surface area contributed by atoms with Crippen molar-refractivity contribution in [3.8, 4) is 22.3 Å². The van der Waals surface area contributed by atoms with Gasteiger partial charge in [-0.1, -0.05) is 100 Å². The monoisotopic (exact) mass is 367 g/mol. The van der Waals surface area contributed by atoms with Crippen LogP contribution in [0.4, 0.5) is 5.69 Å². The molecule has 1 unspecified atom stereocenters. The van der Waals surface area contributed by atoms with Crippen LogP contribution in [-0.2, 0) is 0 Å². The van der Waals surface area contributed by atoms with E-state index in [2.05, 4.69) is 105 Å². The van der Waals surface area contributed by atoms with Crippen LogP contribution in [0.2, 0.25) is 0 Å². The highest BCUT2D eigenvalue weighted by Gasteiger charge is 2.06. The molecule has 0 bridgehead atoms. The molecule has 0 aliphatic carbocycles. The lowest BCUT2D eigenvalue weighted by atomic mass is 9.98. The smallest absolute Gasteiger partial charge is 0.0384 e. The normalized spacial score (nSPS) is 11.6. The third-order valence-electron chi connectivity index (χ3n) is 5.22. The number of rotatable bonds is 8. The zero-order chi connectivity index (χ0) is 19.9. The highest BCUT2D eigenvalue weighted by atomic mass is 14.9. The van der Waals surface area contributed by atoms with E-state index >= 15 is 0 Å². The first-order chi connectivity index (χ1) is 13.6. The lowest BCUT2D eigenvalue weighted by Crippen LogP contribution is -2.04. The van der Waals surface area contributed by atoms with Crippen molar-refractivity contribution in [3.63, 3.8) is 0 Å². The molecule has 1 heteroatoms. The number of benzene rings is 3. The molecule has 0 saturated carbocycles. The van der Waals surface area contributed by atoms with E-state index in [-0.39, 0.29) is 0 Å². The standard InChI is InChI=1S/C27H29N/c1-5-20(2)19-21(3)22(4)28-27-17-15-26(16-18-27)25-13-11-24(12-14-25)23-9-7-6-8-10-23/h6-18,20,28H,3-5,19H2,1-2H3. The third kappa shape index (κ3) is 5.01. The first-order valence-electron chi connectivity index (χ1n) is 9.97. The van der Waals surface area contributed by atoms with Crippen molar-refractivity contribution in [2.75, 3.05) is 5.32 Å². The van der Waals surface area contributed by atoms with Crippen LogP contribution >= 0.6 is 0 Å². The Morgan fingerprint density at radius 3 is 1.71 bits per heavy atom. The molecule has 0 spiro atoms. The van der Waals surface area contributed by atoms with Crippen molar-refractivity contribution in [3.05, 3.63) is 103 Å². The average Bonchev–Trinajstić information content (AvgIpc) is 2.75. The Morgan fingerprint density at radius 2 is 1.21 bits per heavy atom. The SMILES string of the molecule is C=C(CC(C)CC)C(=C)Nc1ccc(-c2ccc(-c3ccccc3)cc2)cc1. The molecule has 0 amide bonds.